The number of aliphatic hydroxyl groups excluding tert-OH is 1. The minimum Gasteiger partial charge on any atom is -0.406 e. The lowest BCUT2D eigenvalue weighted by Gasteiger charge is -2.13. The van der Waals surface area contributed by atoms with Gasteiger partial charge >= 0.3 is 6.36 Å². The van der Waals surface area contributed by atoms with Gasteiger partial charge in [0.1, 0.15) is 5.75 Å². The smallest absolute Gasteiger partial charge is 0.406 e. The van der Waals surface area contributed by atoms with Crippen LogP contribution >= 0.6 is 0 Å². The number of nitrogens with zero attached hydrogens (tertiary/aromatic N) is 1. The maximum atomic E-state index is 12.2. The molecule has 0 aliphatic carbocycles. The van der Waals surface area contributed by atoms with Crippen molar-refractivity contribution >= 4 is 0 Å². The number of aliphatic hydroxyl groups is 1. The second-order valence-electron chi connectivity index (χ2n) is 4.50. The normalized spacial score (nSPS) is 13.0. The van der Waals surface area contributed by atoms with Crippen molar-refractivity contribution in [3.63, 3.8) is 0 Å². The molecule has 0 radical (unpaired) electrons. The van der Waals surface area contributed by atoms with E-state index in [0.717, 1.165) is 5.69 Å². The summed E-state index contributed by atoms with van der Waals surface area (Å²) >= 11 is 0. The zero-order valence-electron chi connectivity index (χ0n) is 11.0. The number of hydrogen-bond acceptors (Lipinski definition) is 3. The summed E-state index contributed by atoms with van der Waals surface area (Å²) in [4.78, 5) is 4.13. The number of pyridine rings is 1. The Kier molecular flexibility index (Phi) is 4.80. The van der Waals surface area contributed by atoms with Gasteiger partial charge in [0.2, 0.25) is 0 Å². The van der Waals surface area contributed by atoms with Crippen molar-refractivity contribution in [2.75, 3.05) is 0 Å². The lowest BCUT2D eigenvalue weighted by atomic mass is 10.0. The summed E-state index contributed by atoms with van der Waals surface area (Å²) in [7, 11) is 0. The molecule has 0 saturated heterocycles. The molecule has 112 valence electrons. The Bertz CT molecular complexity index is 573. The van der Waals surface area contributed by atoms with Crippen LogP contribution in [-0.2, 0) is 6.42 Å². The minimum absolute atomic E-state index is 0.336. The van der Waals surface area contributed by atoms with Gasteiger partial charge in [0.15, 0.2) is 0 Å². The first-order valence-electron chi connectivity index (χ1n) is 6.38. The van der Waals surface area contributed by atoms with E-state index < -0.39 is 12.5 Å². The van der Waals surface area contributed by atoms with Crippen LogP contribution in [0.3, 0.4) is 0 Å². The molecule has 1 heterocycles. The van der Waals surface area contributed by atoms with E-state index in [-0.39, 0.29) is 5.75 Å². The van der Waals surface area contributed by atoms with Gasteiger partial charge in [-0.3, -0.25) is 4.98 Å². The number of ether oxygens (including phenoxy) is 1. The molecule has 1 unspecified atom stereocenters. The topological polar surface area (TPSA) is 42.4 Å². The van der Waals surface area contributed by atoms with E-state index in [2.05, 4.69) is 9.72 Å². The second kappa shape index (κ2) is 6.58. The third kappa shape index (κ3) is 5.07. The van der Waals surface area contributed by atoms with Crippen LogP contribution in [0.25, 0.3) is 0 Å². The zero-order valence-corrected chi connectivity index (χ0v) is 11.0. The average Bonchev–Trinajstić information content (AvgIpc) is 2.44. The Balaban J connectivity index is 1.99. The largest absolute Gasteiger partial charge is 0.573 e. The molecule has 2 rings (SSSR count). The van der Waals surface area contributed by atoms with Crippen LogP contribution in [0.5, 0.6) is 5.75 Å². The van der Waals surface area contributed by atoms with Crippen LogP contribution in [0.1, 0.15) is 23.8 Å². The monoisotopic (exact) mass is 297 g/mol. The Hall–Kier alpha value is -2.08. The third-order valence-electron chi connectivity index (χ3n) is 2.88. The van der Waals surface area contributed by atoms with Gasteiger partial charge in [0.05, 0.1) is 6.10 Å². The van der Waals surface area contributed by atoms with Crippen molar-refractivity contribution in [2.24, 2.45) is 0 Å². The first-order chi connectivity index (χ1) is 9.94. The van der Waals surface area contributed by atoms with Crippen LogP contribution < -0.4 is 4.74 Å². The van der Waals surface area contributed by atoms with Crippen LogP contribution in [0.15, 0.2) is 48.7 Å². The van der Waals surface area contributed by atoms with Gasteiger partial charge in [-0.05, 0) is 42.7 Å². The van der Waals surface area contributed by atoms with E-state index in [9.17, 15) is 18.3 Å². The fourth-order valence-electron chi connectivity index (χ4n) is 1.92. The molecule has 0 aliphatic rings. The van der Waals surface area contributed by atoms with Crippen molar-refractivity contribution in [1.82, 2.24) is 4.98 Å². The quantitative estimate of drug-likeness (QED) is 0.916. The molecule has 0 bridgehead atoms. The van der Waals surface area contributed by atoms with Gasteiger partial charge in [-0.15, -0.1) is 13.2 Å². The molecule has 6 heteroatoms. The summed E-state index contributed by atoms with van der Waals surface area (Å²) in [5, 5.41) is 10.0. The van der Waals surface area contributed by atoms with Crippen LogP contribution in [0.2, 0.25) is 0 Å². The lowest BCUT2D eigenvalue weighted by Crippen LogP contribution is -2.17. The molecule has 0 fully saturated rings. The fourth-order valence-corrected chi connectivity index (χ4v) is 1.92. The second-order valence-corrected chi connectivity index (χ2v) is 4.50. The van der Waals surface area contributed by atoms with E-state index in [1.54, 1.807) is 18.3 Å². The first kappa shape index (κ1) is 15.3. The Morgan fingerprint density at radius 2 is 1.95 bits per heavy atom. The number of rotatable bonds is 5. The molecular weight excluding hydrogens is 283 g/mol. The van der Waals surface area contributed by atoms with Gasteiger partial charge in [-0.25, -0.2) is 0 Å². The van der Waals surface area contributed by atoms with E-state index in [1.165, 1.54) is 18.2 Å². The van der Waals surface area contributed by atoms with Gasteiger partial charge in [-0.1, -0.05) is 18.2 Å². The number of halogens is 3. The highest BCUT2D eigenvalue weighted by Crippen LogP contribution is 2.27. The zero-order chi connectivity index (χ0) is 15.3. The summed E-state index contributed by atoms with van der Waals surface area (Å²) in [6, 6.07) is 10.8. The highest BCUT2D eigenvalue weighted by Gasteiger charge is 2.31. The molecule has 1 aromatic heterocycles. The van der Waals surface area contributed by atoms with Gasteiger partial charge in [0, 0.05) is 11.9 Å². The van der Waals surface area contributed by atoms with Gasteiger partial charge < -0.3 is 9.84 Å². The summed E-state index contributed by atoms with van der Waals surface area (Å²) < 4.78 is 40.3. The number of alkyl halides is 3. The predicted molar refractivity (Wildman–Crippen MR) is 70.6 cm³/mol. The number of benzene rings is 1. The Morgan fingerprint density at radius 1 is 1.14 bits per heavy atom. The molecule has 1 aromatic carbocycles. The molecule has 21 heavy (non-hydrogen) atoms. The fraction of sp³-hybridized carbons (Fsp3) is 0.267. The summed E-state index contributed by atoms with van der Waals surface area (Å²) in [5.74, 6) is -0.336. The first-order valence-corrected chi connectivity index (χ1v) is 6.38. The number of aryl methyl sites for hydroxylation is 1. The third-order valence-corrected chi connectivity index (χ3v) is 2.88. The van der Waals surface area contributed by atoms with Crippen molar-refractivity contribution in [3.8, 4) is 5.75 Å². The molecule has 0 spiro atoms. The summed E-state index contributed by atoms with van der Waals surface area (Å²) in [6.45, 7) is 0. The molecule has 0 amide bonds. The lowest BCUT2D eigenvalue weighted by molar-refractivity contribution is -0.274. The molecular formula is C15H14F3NO2. The predicted octanol–water partition coefficient (Wildman–Crippen LogP) is 3.65. The highest BCUT2D eigenvalue weighted by atomic mass is 19.4. The van der Waals surface area contributed by atoms with Gasteiger partial charge in [0.25, 0.3) is 0 Å². The SMILES string of the molecule is OC(CCc1ccccn1)c1cccc(OC(F)(F)F)c1. The summed E-state index contributed by atoms with van der Waals surface area (Å²) in [5.41, 5.74) is 1.20. The van der Waals surface area contributed by atoms with Crippen molar-refractivity contribution in [1.29, 1.82) is 0 Å². The molecule has 0 aliphatic heterocycles. The molecule has 2 aromatic rings. The van der Waals surface area contributed by atoms with Crippen LogP contribution in [0, 0.1) is 0 Å². The number of hydrogen-bond donors (Lipinski definition) is 1. The Morgan fingerprint density at radius 3 is 2.62 bits per heavy atom. The van der Waals surface area contributed by atoms with E-state index in [4.69, 9.17) is 0 Å². The van der Waals surface area contributed by atoms with Crippen LogP contribution in [0.4, 0.5) is 13.2 Å². The maximum Gasteiger partial charge on any atom is 0.573 e. The molecule has 1 atom stereocenters. The molecule has 3 nitrogen and oxygen atoms in total. The van der Waals surface area contributed by atoms with Crippen molar-refractivity contribution in [3.05, 3.63) is 59.9 Å². The number of aromatic nitrogens is 1. The van der Waals surface area contributed by atoms with E-state index in [0.29, 0.717) is 18.4 Å². The van der Waals surface area contributed by atoms with Crippen molar-refractivity contribution < 1.29 is 23.0 Å². The molecule has 0 saturated carbocycles. The highest BCUT2D eigenvalue weighted by molar-refractivity contribution is 5.30. The van der Waals surface area contributed by atoms with Crippen LogP contribution in [-0.4, -0.2) is 16.5 Å². The Labute approximate surface area is 120 Å². The standard InChI is InChI=1S/C15H14F3NO2/c16-15(17,18)21-13-6-3-4-11(10-13)14(20)8-7-12-5-1-2-9-19-12/h1-6,9-10,14,20H,7-8H2. The van der Waals surface area contributed by atoms with Crippen molar-refractivity contribution in [2.45, 2.75) is 25.3 Å². The maximum absolute atomic E-state index is 12.2. The minimum atomic E-state index is -4.74. The summed E-state index contributed by atoms with van der Waals surface area (Å²) in [6.07, 6.45) is -3.06. The van der Waals surface area contributed by atoms with E-state index in [1.807, 2.05) is 12.1 Å². The molecule has 1 N–H and O–H groups in total. The average molecular weight is 297 g/mol. The van der Waals surface area contributed by atoms with E-state index >= 15 is 0 Å². The van der Waals surface area contributed by atoms with Gasteiger partial charge in [-0.2, -0.15) is 0 Å².